The largest absolute Gasteiger partial charge is 0.324 e. The summed E-state index contributed by atoms with van der Waals surface area (Å²) >= 11 is 0. The lowest BCUT2D eigenvalue weighted by molar-refractivity contribution is -0.131. The third-order valence-electron chi connectivity index (χ3n) is 4.68. The molecule has 1 heterocycles. The Hall–Kier alpha value is -0.610. The van der Waals surface area contributed by atoms with Crippen LogP contribution in [0.25, 0.3) is 0 Å². The van der Waals surface area contributed by atoms with E-state index in [1.165, 1.54) is 12.8 Å². The third-order valence-corrected chi connectivity index (χ3v) is 4.68. The highest BCUT2D eigenvalue weighted by Crippen LogP contribution is 2.43. The SMILES string of the molecule is CC(C)C1NC2(CC2)C(=O)N1CCN(C)C1CC1. The minimum absolute atomic E-state index is 0.160. The Labute approximate surface area is 110 Å². The summed E-state index contributed by atoms with van der Waals surface area (Å²) in [5.74, 6) is 0.838. The zero-order chi connectivity index (χ0) is 12.9. The maximum Gasteiger partial charge on any atom is 0.244 e. The quantitative estimate of drug-likeness (QED) is 0.792. The molecule has 1 atom stereocenters. The first kappa shape index (κ1) is 12.4. The molecule has 3 fully saturated rings. The summed E-state index contributed by atoms with van der Waals surface area (Å²) in [6.07, 6.45) is 4.97. The molecule has 3 aliphatic rings. The van der Waals surface area contributed by atoms with Gasteiger partial charge < -0.3 is 9.80 Å². The Morgan fingerprint density at radius 1 is 1.44 bits per heavy atom. The van der Waals surface area contributed by atoms with Gasteiger partial charge in [-0.3, -0.25) is 10.1 Å². The molecule has 1 unspecified atom stereocenters. The zero-order valence-corrected chi connectivity index (χ0v) is 11.8. The van der Waals surface area contributed by atoms with Gasteiger partial charge in [0.05, 0.1) is 11.7 Å². The smallest absolute Gasteiger partial charge is 0.244 e. The molecule has 1 spiro atoms. The van der Waals surface area contributed by atoms with Crippen molar-refractivity contribution in [2.45, 2.75) is 57.3 Å². The predicted molar refractivity (Wildman–Crippen MR) is 71.1 cm³/mol. The van der Waals surface area contributed by atoms with E-state index in [0.29, 0.717) is 11.8 Å². The van der Waals surface area contributed by atoms with E-state index in [1.54, 1.807) is 0 Å². The van der Waals surface area contributed by atoms with Crippen molar-refractivity contribution in [3.8, 4) is 0 Å². The first-order valence-electron chi connectivity index (χ1n) is 7.32. The average molecular weight is 251 g/mol. The van der Waals surface area contributed by atoms with Crippen LogP contribution in [0.15, 0.2) is 0 Å². The second kappa shape index (κ2) is 4.20. The third kappa shape index (κ3) is 2.05. The monoisotopic (exact) mass is 251 g/mol. The molecule has 1 aliphatic heterocycles. The van der Waals surface area contributed by atoms with Crippen LogP contribution in [-0.2, 0) is 4.79 Å². The second-order valence-electron chi connectivity index (χ2n) is 6.63. The Morgan fingerprint density at radius 3 is 2.61 bits per heavy atom. The number of amides is 1. The maximum absolute atomic E-state index is 12.4. The van der Waals surface area contributed by atoms with Crippen LogP contribution in [0.2, 0.25) is 0 Å². The molecule has 2 saturated carbocycles. The van der Waals surface area contributed by atoms with Crippen LogP contribution in [0, 0.1) is 5.92 Å². The highest BCUT2D eigenvalue weighted by Gasteiger charge is 2.59. The second-order valence-corrected chi connectivity index (χ2v) is 6.63. The highest BCUT2D eigenvalue weighted by molar-refractivity contribution is 5.91. The Balaban J connectivity index is 1.62. The van der Waals surface area contributed by atoms with Gasteiger partial charge in [0.1, 0.15) is 0 Å². The lowest BCUT2D eigenvalue weighted by atomic mass is 10.1. The van der Waals surface area contributed by atoms with Gasteiger partial charge in [0.25, 0.3) is 0 Å². The van der Waals surface area contributed by atoms with Crippen molar-refractivity contribution >= 4 is 5.91 Å². The molecule has 0 bridgehead atoms. The summed E-state index contributed by atoms with van der Waals surface area (Å²) in [7, 11) is 2.18. The minimum atomic E-state index is -0.160. The first-order valence-corrected chi connectivity index (χ1v) is 7.32. The van der Waals surface area contributed by atoms with E-state index in [4.69, 9.17) is 0 Å². The zero-order valence-electron chi connectivity index (χ0n) is 11.8. The van der Waals surface area contributed by atoms with Gasteiger partial charge in [0, 0.05) is 19.1 Å². The van der Waals surface area contributed by atoms with Crippen molar-refractivity contribution in [3.63, 3.8) is 0 Å². The lowest BCUT2D eigenvalue weighted by Crippen LogP contribution is -2.44. The number of hydrogen-bond donors (Lipinski definition) is 1. The summed E-state index contributed by atoms with van der Waals surface area (Å²) < 4.78 is 0. The van der Waals surface area contributed by atoms with Gasteiger partial charge in [-0.2, -0.15) is 0 Å². The van der Waals surface area contributed by atoms with Crippen molar-refractivity contribution in [3.05, 3.63) is 0 Å². The number of hydrogen-bond acceptors (Lipinski definition) is 3. The molecule has 0 radical (unpaired) electrons. The van der Waals surface area contributed by atoms with Gasteiger partial charge >= 0.3 is 0 Å². The van der Waals surface area contributed by atoms with Gasteiger partial charge in [-0.05, 0) is 38.6 Å². The Kier molecular flexibility index (Phi) is 2.90. The molecule has 1 N–H and O–H groups in total. The molecule has 0 aromatic carbocycles. The lowest BCUT2D eigenvalue weighted by Gasteiger charge is -2.29. The van der Waals surface area contributed by atoms with Crippen molar-refractivity contribution in [1.29, 1.82) is 0 Å². The van der Waals surface area contributed by atoms with Crippen molar-refractivity contribution in [2.24, 2.45) is 5.92 Å². The number of nitrogens with one attached hydrogen (secondary N) is 1. The molecule has 1 saturated heterocycles. The number of likely N-dealkylation sites (N-methyl/N-ethyl adjacent to an activating group) is 1. The molecule has 18 heavy (non-hydrogen) atoms. The topological polar surface area (TPSA) is 35.6 Å². The van der Waals surface area contributed by atoms with E-state index in [0.717, 1.165) is 32.0 Å². The van der Waals surface area contributed by atoms with Crippen LogP contribution in [0.5, 0.6) is 0 Å². The van der Waals surface area contributed by atoms with Gasteiger partial charge in [0.2, 0.25) is 5.91 Å². The van der Waals surface area contributed by atoms with Crippen LogP contribution in [0.4, 0.5) is 0 Å². The van der Waals surface area contributed by atoms with Gasteiger partial charge in [-0.15, -0.1) is 0 Å². The fourth-order valence-corrected chi connectivity index (χ4v) is 3.04. The molecule has 0 aromatic heterocycles. The first-order chi connectivity index (χ1) is 8.53. The highest BCUT2D eigenvalue weighted by atomic mass is 16.2. The molecule has 0 aromatic rings. The molecule has 1 amide bonds. The van der Waals surface area contributed by atoms with Crippen molar-refractivity contribution < 1.29 is 4.79 Å². The minimum Gasteiger partial charge on any atom is -0.324 e. The number of rotatable bonds is 5. The fourth-order valence-electron chi connectivity index (χ4n) is 3.04. The van der Waals surface area contributed by atoms with E-state index in [2.05, 4.69) is 36.0 Å². The number of nitrogens with zero attached hydrogens (tertiary/aromatic N) is 2. The van der Waals surface area contributed by atoms with E-state index in [9.17, 15) is 4.79 Å². The Bertz CT molecular complexity index is 347. The number of carbonyl (C=O) groups excluding carboxylic acids is 1. The Morgan fingerprint density at radius 2 is 2.11 bits per heavy atom. The van der Waals surface area contributed by atoms with Crippen LogP contribution in [-0.4, -0.2) is 53.6 Å². The molecule has 4 heteroatoms. The van der Waals surface area contributed by atoms with Gasteiger partial charge in [-0.25, -0.2) is 0 Å². The van der Waals surface area contributed by atoms with E-state index in [1.807, 2.05) is 0 Å². The molecule has 3 rings (SSSR count). The summed E-state index contributed by atoms with van der Waals surface area (Å²) in [5, 5.41) is 3.57. The molecule has 4 nitrogen and oxygen atoms in total. The van der Waals surface area contributed by atoms with Crippen LogP contribution in [0.3, 0.4) is 0 Å². The number of carbonyl (C=O) groups is 1. The maximum atomic E-state index is 12.4. The van der Waals surface area contributed by atoms with E-state index < -0.39 is 0 Å². The van der Waals surface area contributed by atoms with Crippen molar-refractivity contribution in [2.75, 3.05) is 20.1 Å². The van der Waals surface area contributed by atoms with Gasteiger partial charge in [0.15, 0.2) is 0 Å². The standard InChI is InChI=1S/C14H25N3O/c1-10(2)12-15-14(6-7-14)13(18)17(12)9-8-16(3)11-4-5-11/h10-12,15H,4-9H2,1-3H3. The van der Waals surface area contributed by atoms with Crippen LogP contribution >= 0.6 is 0 Å². The molecule has 2 aliphatic carbocycles. The van der Waals surface area contributed by atoms with Crippen LogP contribution in [0.1, 0.15) is 39.5 Å². The molecular weight excluding hydrogens is 226 g/mol. The summed E-state index contributed by atoms with van der Waals surface area (Å²) in [5.41, 5.74) is -0.160. The summed E-state index contributed by atoms with van der Waals surface area (Å²) in [6.45, 7) is 6.29. The summed E-state index contributed by atoms with van der Waals surface area (Å²) in [6, 6.07) is 0.781. The predicted octanol–water partition coefficient (Wildman–Crippen LogP) is 1.03. The van der Waals surface area contributed by atoms with Crippen LogP contribution < -0.4 is 5.32 Å². The fraction of sp³-hybridized carbons (Fsp3) is 0.929. The molecular formula is C14H25N3O. The van der Waals surface area contributed by atoms with E-state index in [-0.39, 0.29) is 11.7 Å². The van der Waals surface area contributed by atoms with Crippen molar-refractivity contribution in [1.82, 2.24) is 15.1 Å². The van der Waals surface area contributed by atoms with Gasteiger partial charge in [-0.1, -0.05) is 13.8 Å². The van der Waals surface area contributed by atoms with E-state index >= 15 is 0 Å². The average Bonchev–Trinajstić information content (AvgIpc) is 3.20. The normalized spacial score (nSPS) is 29.9. The summed E-state index contributed by atoms with van der Waals surface area (Å²) in [4.78, 5) is 16.9. The molecule has 102 valence electrons.